The Morgan fingerprint density at radius 2 is 2.09 bits per heavy atom. The Morgan fingerprint density at radius 1 is 1.41 bits per heavy atom. The number of carboxylic acids is 1. The van der Waals surface area contributed by atoms with Crippen molar-refractivity contribution in [2.75, 3.05) is 5.75 Å². The van der Waals surface area contributed by atoms with Crippen molar-refractivity contribution in [3.05, 3.63) is 34.9 Å². The summed E-state index contributed by atoms with van der Waals surface area (Å²) in [6, 6.07) is 6.47. The van der Waals surface area contributed by atoms with Crippen LogP contribution in [-0.4, -0.2) is 33.7 Å². The number of carbonyl (C=O) groups is 2. The summed E-state index contributed by atoms with van der Waals surface area (Å²) in [5.74, 6) is -0.697. The molecular weight excluding hydrogens is 322 g/mol. The van der Waals surface area contributed by atoms with Crippen molar-refractivity contribution in [3.8, 4) is 0 Å². The highest BCUT2D eigenvalue weighted by Crippen LogP contribution is 2.43. The Hall–Kier alpha value is -1.20. The van der Waals surface area contributed by atoms with Crippen molar-refractivity contribution < 1.29 is 14.7 Å². The zero-order valence-corrected chi connectivity index (χ0v) is 14.4. The summed E-state index contributed by atoms with van der Waals surface area (Å²) in [4.78, 5) is 25.7. The fourth-order valence-electron chi connectivity index (χ4n) is 2.46. The van der Waals surface area contributed by atoms with Crippen LogP contribution in [0.25, 0.3) is 0 Å². The first-order valence-corrected chi connectivity index (χ1v) is 8.53. The molecular formula is C16H20ClNO3S. The van der Waals surface area contributed by atoms with Gasteiger partial charge in [0.2, 0.25) is 5.91 Å². The van der Waals surface area contributed by atoms with E-state index in [1.54, 1.807) is 12.1 Å². The van der Waals surface area contributed by atoms with E-state index in [4.69, 9.17) is 11.6 Å². The van der Waals surface area contributed by atoms with Crippen LogP contribution in [0.4, 0.5) is 0 Å². The van der Waals surface area contributed by atoms with Gasteiger partial charge in [-0.05, 0) is 23.1 Å². The van der Waals surface area contributed by atoms with Gasteiger partial charge >= 0.3 is 5.97 Å². The molecule has 1 heterocycles. The smallest absolute Gasteiger partial charge is 0.327 e. The minimum Gasteiger partial charge on any atom is -0.480 e. The van der Waals surface area contributed by atoms with E-state index in [0.29, 0.717) is 17.2 Å². The Bertz CT molecular complexity index is 585. The maximum atomic E-state index is 12.7. The molecule has 0 aliphatic carbocycles. The Balaban J connectivity index is 2.32. The molecule has 0 radical (unpaired) electrons. The number of aliphatic carboxylic acids is 1. The van der Waals surface area contributed by atoms with Gasteiger partial charge < -0.3 is 10.0 Å². The maximum absolute atomic E-state index is 12.7. The minimum atomic E-state index is -0.959. The third-order valence-corrected chi connectivity index (χ3v) is 4.95. The third-order valence-electron chi connectivity index (χ3n) is 3.39. The number of thioether (sulfide) groups is 1. The molecule has 0 aromatic heterocycles. The van der Waals surface area contributed by atoms with Crippen molar-refractivity contribution in [2.45, 2.75) is 38.6 Å². The van der Waals surface area contributed by atoms with E-state index in [1.165, 1.54) is 16.7 Å². The van der Waals surface area contributed by atoms with E-state index in [-0.39, 0.29) is 16.7 Å². The highest BCUT2D eigenvalue weighted by Gasteiger charge is 2.42. The molecule has 0 saturated carbocycles. The number of benzene rings is 1. The van der Waals surface area contributed by atoms with E-state index in [9.17, 15) is 14.7 Å². The van der Waals surface area contributed by atoms with Crippen LogP contribution in [0.1, 0.15) is 38.1 Å². The molecule has 1 saturated heterocycles. The Labute approximate surface area is 139 Å². The van der Waals surface area contributed by atoms with E-state index in [0.717, 1.165) is 5.56 Å². The molecule has 1 aromatic carbocycles. The van der Waals surface area contributed by atoms with Gasteiger partial charge in [0.05, 0.1) is 0 Å². The van der Waals surface area contributed by atoms with E-state index < -0.39 is 12.0 Å². The molecule has 1 N–H and O–H groups in total. The SMILES string of the molecule is CC(C)(C)CC(=O)N1C(C(=O)O)CSC1c1cccc(Cl)c1. The summed E-state index contributed by atoms with van der Waals surface area (Å²) in [5.41, 5.74) is 0.676. The topological polar surface area (TPSA) is 57.6 Å². The standard InChI is InChI=1S/C16H20ClNO3S/c1-16(2,3)8-13(19)18-12(15(20)21)9-22-14(18)10-5-4-6-11(17)7-10/h4-7,12,14H,8-9H2,1-3H3,(H,20,21). The van der Waals surface area contributed by atoms with Crippen molar-refractivity contribution >= 4 is 35.2 Å². The largest absolute Gasteiger partial charge is 0.480 e. The fourth-order valence-corrected chi connectivity index (χ4v) is 4.09. The Kier molecular flexibility index (Phi) is 5.07. The molecule has 2 unspecified atom stereocenters. The molecule has 120 valence electrons. The van der Waals surface area contributed by atoms with Crippen LogP contribution in [0.5, 0.6) is 0 Å². The highest BCUT2D eigenvalue weighted by atomic mass is 35.5. The van der Waals surface area contributed by atoms with Crippen LogP contribution in [-0.2, 0) is 9.59 Å². The van der Waals surface area contributed by atoms with Crippen LogP contribution in [0.3, 0.4) is 0 Å². The lowest BCUT2D eigenvalue weighted by Crippen LogP contribution is -2.44. The second-order valence-corrected chi connectivity index (χ2v) is 8.18. The molecule has 1 aliphatic rings. The molecule has 0 bridgehead atoms. The number of carbonyl (C=O) groups excluding carboxylic acids is 1. The molecule has 1 aromatic rings. The van der Waals surface area contributed by atoms with Crippen molar-refractivity contribution in [2.24, 2.45) is 5.41 Å². The lowest BCUT2D eigenvalue weighted by atomic mass is 9.91. The number of carboxylic acid groups (broad SMARTS) is 1. The zero-order chi connectivity index (χ0) is 16.5. The quantitative estimate of drug-likeness (QED) is 0.908. The predicted molar refractivity (Wildman–Crippen MR) is 89.0 cm³/mol. The zero-order valence-electron chi connectivity index (χ0n) is 12.9. The van der Waals surface area contributed by atoms with E-state index >= 15 is 0 Å². The summed E-state index contributed by atoms with van der Waals surface area (Å²) in [6.07, 6.45) is 0.314. The fraction of sp³-hybridized carbons (Fsp3) is 0.500. The van der Waals surface area contributed by atoms with Crippen LogP contribution >= 0.6 is 23.4 Å². The molecule has 22 heavy (non-hydrogen) atoms. The van der Waals surface area contributed by atoms with Crippen molar-refractivity contribution in [3.63, 3.8) is 0 Å². The normalized spacial score (nSPS) is 21.9. The molecule has 2 rings (SSSR count). The number of halogens is 1. The third kappa shape index (κ3) is 3.96. The first kappa shape index (κ1) is 17.2. The van der Waals surface area contributed by atoms with Gasteiger partial charge in [0.15, 0.2) is 0 Å². The van der Waals surface area contributed by atoms with Gasteiger partial charge in [-0.15, -0.1) is 11.8 Å². The average Bonchev–Trinajstić information content (AvgIpc) is 2.81. The van der Waals surface area contributed by atoms with Gasteiger partial charge in [-0.3, -0.25) is 4.79 Å². The second kappa shape index (κ2) is 6.50. The lowest BCUT2D eigenvalue weighted by molar-refractivity contribution is -0.150. The number of hydrogen-bond donors (Lipinski definition) is 1. The van der Waals surface area contributed by atoms with Gasteiger partial charge in [-0.1, -0.05) is 44.5 Å². The van der Waals surface area contributed by atoms with Crippen LogP contribution in [0, 0.1) is 5.41 Å². The summed E-state index contributed by atoms with van der Waals surface area (Å²) in [7, 11) is 0. The predicted octanol–water partition coefficient (Wildman–Crippen LogP) is 3.80. The van der Waals surface area contributed by atoms with Gasteiger partial charge in [0.1, 0.15) is 11.4 Å². The van der Waals surface area contributed by atoms with E-state index in [2.05, 4.69) is 0 Å². The summed E-state index contributed by atoms with van der Waals surface area (Å²) in [5, 5.41) is 9.70. The van der Waals surface area contributed by atoms with Crippen LogP contribution in [0.15, 0.2) is 24.3 Å². The van der Waals surface area contributed by atoms with E-state index in [1.807, 2.05) is 32.9 Å². The molecule has 1 aliphatic heterocycles. The van der Waals surface area contributed by atoms with Crippen molar-refractivity contribution in [1.29, 1.82) is 0 Å². The lowest BCUT2D eigenvalue weighted by Gasteiger charge is -2.30. The van der Waals surface area contributed by atoms with Gasteiger partial charge in [-0.2, -0.15) is 0 Å². The number of hydrogen-bond acceptors (Lipinski definition) is 3. The first-order valence-electron chi connectivity index (χ1n) is 7.10. The number of rotatable bonds is 3. The van der Waals surface area contributed by atoms with Crippen LogP contribution in [0.2, 0.25) is 5.02 Å². The summed E-state index contributed by atoms with van der Waals surface area (Å²) >= 11 is 7.50. The monoisotopic (exact) mass is 341 g/mol. The second-order valence-electron chi connectivity index (χ2n) is 6.63. The molecule has 2 atom stereocenters. The minimum absolute atomic E-state index is 0.130. The van der Waals surface area contributed by atoms with Crippen molar-refractivity contribution in [1.82, 2.24) is 4.90 Å². The molecule has 0 spiro atoms. The molecule has 4 nitrogen and oxygen atoms in total. The van der Waals surface area contributed by atoms with Crippen LogP contribution < -0.4 is 0 Å². The molecule has 1 fully saturated rings. The summed E-state index contributed by atoms with van der Waals surface area (Å²) < 4.78 is 0. The maximum Gasteiger partial charge on any atom is 0.327 e. The molecule has 1 amide bonds. The average molecular weight is 342 g/mol. The summed E-state index contributed by atoms with van der Waals surface area (Å²) in [6.45, 7) is 5.91. The molecule has 6 heteroatoms. The number of amides is 1. The first-order chi connectivity index (χ1) is 10.2. The van der Waals surface area contributed by atoms with Gasteiger partial charge in [-0.25, -0.2) is 4.79 Å². The number of nitrogens with zero attached hydrogens (tertiary/aromatic N) is 1. The highest BCUT2D eigenvalue weighted by molar-refractivity contribution is 7.99. The van der Waals surface area contributed by atoms with Gasteiger partial charge in [0, 0.05) is 17.2 Å². The van der Waals surface area contributed by atoms with Gasteiger partial charge in [0.25, 0.3) is 0 Å². The Morgan fingerprint density at radius 3 is 2.64 bits per heavy atom.